The van der Waals surface area contributed by atoms with Crippen LogP contribution in [0.1, 0.15) is 13.3 Å². The van der Waals surface area contributed by atoms with Crippen molar-refractivity contribution >= 4 is 11.6 Å². The molecule has 134 valence electrons. The van der Waals surface area contributed by atoms with Gasteiger partial charge in [-0.05, 0) is 13.3 Å². The molecule has 1 heterocycles. The van der Waals surface area contributed by atoms with Gasteiger partial charge in [0.1, 0.15) is 11.5 Å². The summed E-state index contributed by atoms with van der Waals surface area (Å²) in [5.41, 5.74) is 1.09. The van der Waals surface area contributed by atoms with E-state index < -0.39 is 0 Å². The van der Waals surface area contributed by atoms with Crippen molar-refractivity contribution in [1.82, 2.24) is 10.6 Å². The second-order valence-corrected chi connectivity index (χ2v) is 5.63. The van der Waals surface area contributed by atoms with Crippen LogP contribution in [-0.4, -0.2) is 64.1 Å². The van der Waals surface area contributed by atoms with E-state index in [2.05, 4.69) is 20.5 Å². The van der Waals surface area contributed by atoms with E-state index in [1.807, 2.05) is 25.1 Å². The van der Waals surface area contributed by atoms with Crippen molar-refractivity contribution in [3.05, 3.63) is 18.2 Å². The molecule has 1 aromatic carbocycles. The topological polar surface area (TPSA) is 78.4 Å². The standard InChI is InChI=1S/C17H28N4O3/c1-4-18-17(19-6-8-22)20-13-5-7-21(12-13)14-9-15(23-2)11-16(10-14)24-3/h9-11,13,22H,4-8,12H2,1-3H3,(H2,18,19,20). The molecule has 0 amide bonds. The second-order valence-electron chi connectivity index (χ2n) is 5.63. The Morgan fingerprint density at radius 2 is 2.00 bits per heavy atom. The highest BCUT2D eigenvalue weighted by Gasteiger charge is 2.24. The molecule has 0 aliphatic carbocycles. The first-order valence-electron chi connectivity index (χ1n) is 8.33. The Labute approximate surface area is 143 Å². The molecule has 1 saturated heterocycles. The zero-order valence-electron chi connectivity index (χ0n) is 14.7. The molecule has 2 rings (SSSR count). The van der Waals surface area contributed by atoms with Crippen molar-refractivity contribution in [1.29, 1.82) is 0 Å². The van der Waals surface area contributed by atoms with E-state index in [0.29, 0.717) is 12.6 Å². The van der Waals surface area contributed by atoms with Crippen LogP contribution in [-0.2, 0) is 0 Å². The number of benzene rings is 1. The number of anilines is 1. The van der Waals surface area contributed by atoms with Gasteiger partial charge in [0, 0.05) is 49.6 Å². The Bertz CT molecular complexity index is 528. The first-order valence-corrected chi connectivity index (χ1v) is 8.33. The summed E-state index contributed by atoms with van der Waals surface area (Å²) in [5, 5.41) is 15.6. The Morgan fingerprint density at radius 1 is 1.29 bits per heavy atom. The third kappa shape index (κ3) is 4.92. The fraction of sp³-hybridized carbons (Fsp3) is 0.588. The quantitative estimate of drug-likeness (QED) is 0.506. The lowest BCUT2D eigenvalue weighted by Crippen LogP contribution is -2.44. The minimum absolute atomic E-state index is 0.0526. The van der Waals surface area contributed by atoms with Crippen LogP contribution in [0, 0.1) is 0 Å². The van der Waals surface area contributed by atoms with Gasteiger partial charge in [0.25, 0.3) is 0 Å². The van der Waals surface area contributed by atoms with E-state index in [-0.39, 0.29) is 6.61 Å². The van der Waals surface area contributed by atoms with Crippen LogP contribution in [0.5, 0.6) is 11.5 Å². The van der Waals surface area contributed by atoms with Crippen LogP contribution in [0.4, 0.5) is 5.69 Å². The summed E-state index contributed by atoms with van der Waals surface area (Å²) in [4.78, 5) is 6.64. The Morgan fingerprint density at radius 3 is 2.58 bits per heavy atom. The van der Waals surface area contributed by atoms with E-state index in [0.717, 1.165) is 49.2 Å². The van der Waals surface area contributed by atoms with Crippen molar-refractivity contribution in [2.24, 2.45) is 4.99 Å². The molecular formula is C17H28N4O3. The Balaban J connectivity index is 2.01. The number of aliphatic hydroxyl groups excluding tert-OH is 1. The molecule has 7 nitrogen and oxygen atoms in total. The molecule has 0 saturated carbocycles. The molecule has 0 bridgehead atoms. The summed E-state index contributed by atoms with van der Waals surface area (Å²) in [6.45, 7) is 5.10. The number of hydrogen-bond acceptors (Lipinski definition) is 5. The second kappa shape index (κ2) is 9.22. The average Bonchev–Trinajstić information content (AvgIpc) is 3.08. The van der Waals surface area contributed by atoms with Gasteiger partial charge in [0.2, 0.25) is 0 Å². The minimum Gasteiger partial charge on any atom is -0.497 e. The Hall–Kier alpha value is -2.15. The van der Waals surface area contributed by atoms with E-state index in [4.69, 9.17) is 14.6 Å². The summed E-state index contributed by atoms with van der Waals surface area (Å²) in [6.07, 6.45) is 1.02. The zero-order valence-corrected chi connectivity index (χ0v) is 14.7. The average molecular weight is 336 g/mol. The molecule has 1 unspecified atom stereocenters. The molecule has 1 fully saturated rings. The Kier molecular flexibility index (Phi) is 6.99. The van der Waals surface area contributed by atoms with E-state index in [1.54, 1.807) is 14.2 Å². The number of ether oxygens (including phenoxy) is 2. The first-order chi connectivity index (χ1) is 11.7. The summed E-state index contributed by atoms with van der Waals surface area (Å²) in [5.74, 6) is 2.33. The lowest BCUT2D eigenvalue weighted by atomic mass is 10.2. The molecule has 0 spiro atoms. The van der Waals surface area contributed by atoms with E-state index in [1.165, 1.54) is 0 Å². The molecule has 1 aliphatic heterocycles. The summed E-state index contributed by atoms with van der Waals surface area (Å²) >= 11 is 0. The molecule has 7 heteroatoms. The number of guanidine groups is 1. The number of methoxy groups -OCH3 is 2. The number of aliphatic hydroxyl groups is 1. The smallest absolute Gasteiger partial charge is 0.191 e. The van der Waals surface area contributed by atoms with Gasteiger partial charge in [0.15, 0.2) is 5.96 Å². The summed E-state index contributed by atoms with van der Waals surface area (Å²) in [6, 6.07) is 6.23. The zero-order chi connectivity index (χ0) is 17.4. The van der Waals surface area contributed by atoms with Crippen LogP contribution >= 0.6 is 0 Å². The van der Waals surface area contributed by atoms with Gasteiger partial charge < -0.3 is 30.1 Å². The summed E-state index contributed by atoms with van der Waals surface area (Å²) < 4.78 is 10.7. The third-order valence-electron chi connectivity index (χ3n) is 3.94. The number of rotatable bonds is 7. The van der Waals surface area contributed by atoms with Crippen LogP contribution in [0.3, 0.4) is 0 Å². The van der Waals surface area contributed by atoms with Crippen LogP contribution in [0.15, 0.2) is 23.2 Å². The maximum Gasteiger partial charge on any atom is 0.191 e. The van der Waals surface area contributed by atoms with Crippen molar-refractivity contribution in [2.45, 2.75) is 19.4 Å². The monoisotopic (exact) mass is 336 g/mol. The van der Waals surface area contributed by atoms with E-state index in [9.17, 15) is 0 Å². The van der Waals surface area contributed by atoms with Crippen LogP contribution in [0.25, 0.3) is 0 Å². The maximum absolute atomic E-state index is 8.94. The van der Waals surface area contributed by atoms with Gasteiger partial charge in [-0.3, -0.25) is 4.99 Å². The minimum atomic E-state index is 0.0526. The number of aliphatic imine (C=N–C) groups is 1. The fourth-order valence-electron chi connectivity index (χ4n) is 2.76. The number of hydrogen-bond donors (Lipinski definition) is 3. The lowest BCUT2D eigenvalue weighted by molar-refractivity contribution is 0.306. The number of nitrogens with zero attached hydrogens (tertiary/aromatic N) is 2. The largest absolute Gasteiger partial charge is 0.497 e. The van der Waals surface area contributed by atoms with Gasteiger partial charge in [-0.2, -0.15) is 0 Å². The predicted molar refractivity (Wildman–Crippen MR) is 96.4 cm³/mol. The highest BCUT2D eigenvalue weighted by atomic mass is 16.5. The SMILES string of the molecule is CCNC(=NCCO)NC1CCN(c2cc(OC)cc(OC)c2)C1. The maximum atomic E-state index is 8.94. The summed E-state index contributed by atoms with van der Waals surface area (Å²) in [7, 11) is 3.32. The molecule has 24 heavy (non-hydrogen) atoms. The van der Waals surface area contributed by atoms with Crippen molar-refractivity contribution < 1.29 is 14.6 Å². The molecular weight excluding hydrogens is 308 g/mol. The highest BCUT2D eigenvalue weighted by molar-refractivity contribution is 5.80. The van der Waals surface area contributed by atoms with Gasteiger partial charge in [-0.15, -0.1) is 0 Å². The van der Waals surface area contributed by atoms with Gasteiger partial charge in [0.05, 0.1) is 27.4 Å². The van der Waals surface area contributed by atoms with Crippen molar-refractivity contribution in [3.63, 3.8) is 0 Å². The first kappa shape index (κ1) is 18.2. The molecule has 1 aromatic rings. The fourth-order valence-corrected chi connectivity index (χ4v) is 2.76. The van der Waals surface area contributed by atoms with Crippen LogP contribution < -0.4 is 25.0 Å². The molecule has 1 atom stereocenters. The molecule has 0 aromatic heterocycles. The highest BCUT2D eigenvalue weighted by Crippen LogP contribution is 2.30. The van der Waals surface area contributed by atoms with Crippen molar-refractivity contribution in [2.75, 3.05) is 51.9 Å². The van der Waals surface area contributed by atoms with Gasteiger partial charge in [-0.1, -0.05) is 0 Å². The van der Waals surface area contributed by atoms with E-state index >= 15 is 0 Å². The lowest BCUT2D eigenvalue weighted by Gasteiger charge is -2.21. The number of nitrogens with one attached hydrogen (secondary N) is 2. The van der Waals surface area contributed by atoms with Gasteiger partial charge >= 0.3 is 0 Å². The molecule has 1 aliphatic rings. The predicted octanol–water partition coefficient (Wildman–Crippen LogP) is 0.830. The molecule has 0 radical (unpaired) electrons. The van der Waals surface area contributed by atoms with Gasteiger partial charge in [-0.25, -0.2) is 0 Å². The third-order valence-corrected chi connectivity index (χ3v) is 3.94. The molecule has 3 N–H and O–H groups in total. The van der Waals surface area contributed by atoms with Crippen molar-refractivity contribution in [3.8, 4) is 11.5 Å². The normalized spacial score (nSPS) is 17.8. The van der Waals surface area contributed by atoms with Crippen LogP contribution in [0.2, 0.25) is 0 Å².